The highest BCUT2D eigenvalue weighted by Gasteiger charge is 2.36. The first-order chi connectivity index (χ1) is 24.0. The molecule has 0 radical (unpaired) electrons. The first-order valence-corrected chi connectivity index (χ1v) is 17.1. The lowest BCUT2D eigenvalue weighted by Gasteiger charge is -2.23. The van der Waals surface area contributed by atoms with Crippen molar-refractivity contribution in [3.8, 4) is 55.8 Å². The average molecular weight is 624 g/mol. The second-order valence-electron chi connectivity index (χ2n) is 14.0. The molecule has 9 aromatic rings. The molecule has 0 unspecified atom stereocenters. The molecule has 1 aliphatic rings. The van der Waals surface area contributed by atoms with Crippen LogP contribution in [0.25, 0.3) is 88.1 Å². The summed E-state index contributed by atoms with van der Waals surface area (Å²) in [6.45, 7) is 4.74. The fourth-order valence-corrected chi connectivity index (χ4v) is 8.38. The maximum atomic E-state index is 4.64. The van der Waals surface area contributed by atoms with Crippen LogP contribution in [0, 0.1) is 0 Å². The van der Waals surface area contributed by atoms with Crippen LogP contribution < -0.4 is 0 Å². The second-order valence-corrected chi connectivity index (χ2v) is 14.0. The summed E-state index contributed by atoms with van der Waals surface area (Å²) in [6.07, 6.45) is 1.87. The van der Waals surface area contributed by atoms with E-state index in [1.807, 2.05) is 12.3 Å². The zero-order valence-electron chi connectivity index (χ0n) is 27.5. The van der Waals surface area contributed by atoms with E-state index in [2.05, 4.69) is 170 Å². The SMILES string of the molecule is CC1(C)c2cc(-c3ccccn3)ccc2-c2ccc(-c3cc(-c4ccc(-c5ccccc5)cc4)c4ccc5cccc6ccc3c4c56)cc21. The van der Waals surface area contributed by atoms with Gasteiger partial charge in [0.1, 0.15) is 0 Å². The number of aromatic nitrogens is 1. The normalized spacial score (nSPS) is 13.3. The summed E-state index contributed by atoms with van der Waals surface area (Å²) >= 11 is 0. The molecule has 0 aliphatic heterocycles. The molecule has 10 rings (SSSR count). The Morgan fingerprint density at radius 2 is 0.959 bits per heavy atom. The van der Waals surface area contributed by atoms with E-state index in [1.54, 1.807) is 0 Å². The van der Waals surface area contributed by atoms with E-state index < -0.39 is 0 Å². The zero-order valence-corrected chi connectivity index (χ0v) is 27.5. The van der Waals surface area contributed by atoms with E-state index in [4.69, 9.17) is 0 Å². The Balaban J connectivity index is 1.18. The highest BCUT2D eigenvalue weighted by Crippen LogP contribution is 2.52. The van der Waals surface area contributed by atoms with Gasteiger partial charge in [0.2, 0.25) is 0 Å². The minimum absolute atomic E-state index is 0.147. The monoisotopic (exact) mass is 623 g/mol. The average Bonchev–Trinajstić information content (AvgIpc) is 3.39. The summed E-state index contributed by atoms with van der Waals surface area (Å²) in [7, 11) is 0. The Bertz CT molecular complexity index is 2690. The summed E-state index contributed by atoms with van der Waals surface area (Å²) in [5, 5.41) is 7.86. The molecule has 0 N–H and O–H groups in total. The molecule has 1 aromatic heterocycles. The molecule has 1 nitrogen and oxygen atoms in total. The Morgan fingerprint density at radius 3 is 1.63 bits per heavy atom. The highest BCUT2D eigenvalue weighted by atomic mass is 14.7. The maximum absolute atomic E-state index is 4.64. The van der Waals surface area contributed by atoms with Crippen molar-refractivity contribution in [3.05, 3.63) is 175 Å². The highest BCUT2D eigenvalue weighted by molar-refractivity contribution is 6.28. The molecule has 230 valence electrons. The molecule has 0 spiro atoms. The molecular weight excluding hydrogens is 591 g/mol. The van der Waals surface area contributed by atoms with Crippen molar-refractivity contribution in [2.24, 2.45) is 0 Å². The molecule has 0 bridgehead atoms. The van der Waals surface area contributed by atoms with Gasteiger partial charge >= 0.3 is 0 Å². The van der Waals surface area contributed by atoms with Gasteiger partial charge in [-0.2, -0.15) is 0 Å². The molecule has 0 amide bonds. The number of fused-ring (bicyclic) bond motifs is 3. The summed E-state index contributed by atoms with van der Waals surface area (Å²) < 4.78 is 0. The van der Waals surface area contributed by atoms with E-state index in [1.165, 1.54) is 88.0 Å². The molecule has 1 heterocycles. The Kier molecular flexibility index (Phi) is 5.99. The maximum Gasteiger partial charge on any atom is 0.0702 e. The number of pyridine rings is 1. The van der Waals surface area contributed by atoms with Gasteiger partial charge in [0.15, 0.2) is 0 Å². The predicted octanol–water partition coefficient (Wildman–Crippen LogP) is 13.0. The molecule has 0 atom stereocenters. The van der Waals surface area contributed by atoms with Gasteiger partial charge in [-0.25, -0.2) is 0 Å². The van der Waals surface area contributed by atoms with Gasteiger partial charge in [0, 0.05) is 17.2 Å². The van der Waals surface area contributed by atoms with E-state index in [-0.39, 0.29) is 5.41 Å². The quantitative estimate of drug-likeness (QED) is 0.178. The third-order valence-corrected chi connectivity index (χ3v) is 10.9. The topological polar surface area (TPSA) is 12.9 Å². The van der Waals surface area contributed by atoms with Crippen LogP contribution in [0.4, 0.5) is 0 Å². The molecule has 1 heteroatoms. The predicted molar refractivity (Wildman–Crippen MR) is 207 cm³/mol. The van der Waals surface area contributed by atoms with Crippen molar-refractivity contribution in [1.29, 1.82) is 0 Å². The van der Waals surface area contributed by atoms with Crippen molar-refractivity contribution >= 4 is 32.3 Å². The van der Waals surface area contributed by atoms with E-state index >= 15 is 0 Å². The van der Waals surface area contributed by atoms with E-state index in [0.717, 1.165) is 11.3 Å². The van der Waals surface area contributed by atoms with Crippen LogP contribution in [0.5, 0.6) is 0 Å². The Morgan fingerprint density at radius 1 is 0.388 bits per heavy atom. The van der Waals surface area contributed by atoms with Crippen LogP contribution in [-0.2, 0) is 5.41 Å². The molecule has 49 heavy (non-hydrogen) atoms. The number of benzene rings is 8. The minimum Gasteiger partial charge on any atom is -0.256 e. The summed E-state index contributed by atoms with van der Waals surface area (Å²) in [4.78, 5) is 4.64. The third-order valence-electron chi connectivity index (χ3n) is 10.9. The van der Waals surface area contributed by atoms with Crippen LogP contribution in [0.1, 0.15) is 25.0 Å². The van der Waals surface area contributed by atoms with Crippen molar-refractivity contribution in [1.82, 2.24) is 4.98 Å². The summed E-state index contributed by atoms with van der Waals surface area (Å²) in [5.41, 5.74) is 14.9. The summed E-state index contributed by atoms with van der Waals surface area (Å²) in [5.74, 6) is 0. The van der Waals surface area contributed by atoms with Gasteiger partial charge in [0.05, 0.1) is 5.69 Å². The number of nitrogens with zero attached hydrogens (tertiary/aromatic N) is 1. The lowest BCUT2D eigenvalue weighted by Crippen LogP contribution is -2.15. The number of hydrogen-bond donors (Lipinski definition) is 0. The number of hydrogen-bond acceptors (Lipinski definition) is 1. The molecule has 0 saturated heterocycles. The lowest BCUT2D eigenvalue weighted by molar-refractivity contribution is 0.661. The molecule has 0 saturated carbocycles. The van der Waals surface area contributed by atoms with Crippen LogP contribution in [-0.4, -0.2) is 4.98 Å². The van der Waals surface area contributed by atoms with Gasteiger partial charge in [-0.1, -0.05) is 141 Å². The van der Waals surface area contributed by atoms with Crippen molar-refractivity contribution < 1.29 is 0 Å². The summed E-state index contributed by atoms with van der Waals surface area (Å²) in [6, 6.07) is 58.2. The van der Waals surface area contributed by atoms with E-state index in [9.17, 15) is 0 Å². The van der Waals surface area contributed by atoms with Gasteiger partial charge in [-0.05, 0) is 118 Å². The third kappa shape index (κ3) is 4.22. The number of rotatable bonds is 4. The minimum atomic E-state index is -0.147. The first kappa shape index (κ1) is 28.0. The molecular formula is C48H33N. The molecule has 0 fully saturated rings. The molecule has 1 aliphatic carbocycles. The van der Waals surface area contributed by atoms with Gasteiger partial charge < -0.3 is 0 Å². The van der Waals surface area contributed by atoms with E-state index in [0.29, 0.717) is 0 Å². The van der Waals surface area contributed by atoms with Crippen LogP contribution in [0.3, 0.4) is 0 Å². The fraction of sp³-hybridized carbons (Fsp3) is 0.0625. The fourth-order valence-electron chi connectivity index (χ4n) is 8.38. The van der Waals surface area contributed by atoms with Gasteiger partial charge in [-0.3, -0.25) is 4.98 Å². The van der Waals surface area contributed by atoms with Crippen molar-refractivity contribution in [2.75, 3.05) is 0 Å². The standard InChI is InChI=1S/C48H33N/c1-48(2)43-27-35(20-22-37(43)38-23-21-36(28-44(38)48)45-13-6-7-26-49-45)42-29-41(32-16-14-31(15-17-32)30-9-4-3-5-10-30)39-24-18-33-11-8-12-34-19-25-40(42)47(39)46(33)34/h3-29H,1-2H3. The van der Waals surface area contributed by atoms with Crippen LogP contribution >= 0.6 is 0 Å². The van der Waals surface area contributed by atoms with Crippen molar-refractivity contribution in [2.45, 2.75) is 19.3 Å². The Labute approximate surface area is 286 Å². The second kappa shape index (κ2) is 10.5. The lowest BCUT2D eigenvalue weighted by atomic mass is 9.80. The van der Waals surface area contributed by atoms with Gasteiger partial charge in [0.25, 0.3) is 0 Å². The zero-order chi connectivity index (χ0) is 32.7. The van der Waals surface area contributed by atoms with Crippen LogP contribution in [0.15, 0.2) is 164 Å². The largest absolute Gasteiger partial charge is 0.256 e. The Hall–Kier alpha value is -6.05. The molecule has 8 aromatic carbocycles. The first-order valence-electron chi connectivity index (χ1n) is 17.1. The van der Waals surface area contributed by atoms with Crippen LogP contribution in [0.2, 0.25) is 0 Å². The smallest absolute Gasteiger partial charge is 0.0702 e. The van der Waals surface area contributed by atoms with Crippen molar-refractivity contribution in [3.63, 3.8) is 0 Å². The van der Waals surface area contributed by atoms with Gasteiger partial charge in [-0.15, -0.1) is 0 Å².